The molecule has 0 aliphatic rings. The molecule has 0 unspecified atom stereocenters. The number of hydrogen-bond acceptors (Lipinski definition) is 2. The number of Topliss-reactive ketones (excluding diaryl/α,β-unsaturated/α-hetero) is 1. The van der Waals surface area contributed by atoms with Crippen molar-refractivity contribution in [2.24, 2.45) is 16.8 Å². The summed E-state index contributed by atoms with van der Waals surface area (Å²) >= 11 is 0. The van der Waals surface area contributed by atoms with Gasteiger partial charge in [0.15, 0.2) is 5.78 Å². The lowest BCUT2D eigenvalue weighted by Gasteiger charge is -2.09. The van der Waals surface area contributed by atoms with E-state index in [0.717, 1.165) is 40.9 Å². The lowest BCUT2D eigenvalue weighted by atomic mass is 10.0. The van der Waals surface area contributed by atoms with Crippen LogP contribution >= 0.6 is 0 Å². The second-order valence-corrected chi connectivity index (χ2v) is 11.7. The Kier molecular flexibility index (Phi) is 45.4. The summed E-state index contributed by atoms with van der Waals surface area (Å²) < 4.78 is 0. The molecule has 1 aromatic rings. The number of nitrogens with one attached hydrogen (secondary N) is 1. The molecule has 0 saturated heterocycles. The van der Waals surface area contributed by atoms with Crippen LogP contribution < -0.4 is 5.32 Å². The first-order valence-corrected chi connectivity index (χ1v) is 17.6. The molecule has 0 aliphatic carbocycles. The van der Waals surface area contributed by atoms with E-state index < -0.39 is 0 Å². The third-order valence-electron chi connectivity index (χ3n) is 7.03. The largest absolute Gasteiger partial charge is 0.344 e. The van der Waals surface area contributed by atoms with Crippen LogP contribution in [0.15, 0.2) is 78.0 Å². The highest BCUT2D eigenvalue weighted by atomic mass is 16.1. The molecule has 45 heavy (non-hydrogen) atoms. The standard InChI is InChI=1S/C10H16N2.C9H10O.C8H18.C6H14.C5H10.C4H10/c1-6-8(3)9(4)12-10(7-2)11-5;1-7-3-5-9(6-4-7)8(2)10;1-4-6-8(3)7-5-2;1-4-6(3)5-2;1-4-5(2)3;1-3-4-2/h6H,1,3-4,7H2,2,5H3,(H,11,12);3-6H,1-2H3;8H,4-7H2,1-3H3;6H,4-5H2,1-3H3;4H,1-3H3;3-4H2,1-2H3. The number of allylic oxidation sites excluding steroid dienone is 3. The van der Waals surface area contributed by atoms with Gasteiger partial charge in [-0.3, -0.25) is 9.79 Å². The number of aliphatic imine (C=N–C) groups is 1. The molecule has 1 N–H and O–H groups in total. The van der Waals surface area contributed by atoms with Crippen molar-refractivity contribution in [1.29, 1.82) is 0 Å². The Morgan fingerprint density at radius 3 is 1.47 bits per heavy atom. The maximum atomic E-state index is 10.8. The van der Waals surface area contributed by atoms with E-state index >= 15 is 0 Å². The highest BCUT2D eigenvalue weighted by molar-refractivity contribution is 5.94. The average molecular weight is 627 g/mol. The molecule has 0 heterocycles. The second-order valence-electron chi connectivity index (χ2n) is 11.7. The molecule has 3 heteroatoms. The molecule has 1 aromatic carbocycles. The minimum absolute atomic E-state index is 0.125. The summed E-state index contributed by atoms with van der Waals surface area (Å²) in [5.74, 6) is 2.93. The van der Waals surface area contributed by atoms with E-state index in [1.807, 2.05) is 45.0 Å². The van der Waals surface area contributed by atoms with Gasteiger partial charge in [-0.05, 0) is 52.0 Å². The minimum atomic E-state index is 0.125. The molecule has 0 fully saturated rings. The zero-order valence-corrected chi connectivity index (χ0v) is 33.0. The Morgan fingerprint density at radius 2 is 1.24 bits per heavy atom. The molecule has 0 atom stereocenters. The number of nitrogens with zero attached hydrogens (tertiary/aromatic N) is 1. The number of unbranched alkanes of at least 4 members (excludes halogenated alkanes) is 1. The molecular formula is C42H78N2O. The number of rotatable bonds is 12. The van der Waals surface area contributed by atoms with Crippen LogP contribution in [0.2, 0.25) is 0 Å². The monoisotopic (exact) mass is 627 g/mol. The average Bonchev–Trinajstić information content (AvgIpc) is 3.04. The molecule has 0 radical (unpaired) electrons. The van der Waals surface area contributed by atoms with Crippen LogP contribution in [-0.2, 0) is 0 Å². The Hall–Kier alpha value is -2.68. The normalized spacial score (nSPS) is 9.58. The molecule has 3 nitrogen and oxygen atoms in total. The van der Waals surface area contributed by atoms with E-state index in [2.05, 4.69) is 105 Å². The zero-order chi connectivity index (χ0) is 36.2. The van der Waals surface area contributed by atoms with Gasteiger partial charge in [0.05, 0.1) is 0 Å². The smallest absolute Gasteiger partial charge is 0.159 e. The molecule has 0 aliphatic heterocycles. The van der Waals surface area contributed by atoms with Gasteiger partial charge in [0.1, 0.15) is 5.84 Å². The van der Waals surface area contributed by atoms with Crippen LogP contribution in [0.25, 0.3) is 0 Å². The molecule has 0 aromatic heterocycles. The van der Waals surface area contributed by atoms with E-state index in [-0.39, 0.29) is 5.78 Å². The van der Waals surface area contributed by atoms with E-state index in [9.17, 15) is 4.79 Å². The summed E-state index contributed by atoms with van der Waals surface area (Å²) in [5.41, 5.74) is 4.90. The summed E-state index contributed by atoms with van der Waals surface area (Å²) in [6, 6.07) is 7.57. The first kappa shape index (κ1) is 51.9. The molecule has 0 amide bonds. The van der Waals surface area contributed by atoms with Crippen molar-refractivity contribution in [3.05, 3.63) is 84.1 Å². The maximum absolute atomic E-state index is 10.8. The quantitative estimate of drug-likeness (QED) is 0.0824. The van der Waals surface area contributed by atoms with Crippen LogP contribution in [0.1, 0.15) is 164 Å². The van der Waals surface area contributed by atoms with Gasteiger partial charge in [0.2, 0.25) is 0 Å². The molecule has 1 rings (SSSR count). The number of benzene rings is 1. The molecule has 0 bridgehead atoms. The van der Waals surface area contributed by atoms with Crippen molar-refractivity contribution in [2.75, 3.05) is 7.05 Å². The zero-order valence-electron chi connectivity index (χ0n) is 33.0. The van der Waals surface area contributed by atoms with Crippen molar-refractivity contribution in [2.45, 2.75) is 155 Å². The van der Waals surface area contributed by atoms with Crippen molar-refractivity contribution >= 4 is 11.6 Å². The van der Waals surface area contributed by atoms with Crippen molar-refractivity contribution in [3.63, 3.8) is 0 Å². The van der Waals surface area contributed by atoms with E-state index in [0.29, 0.717) is 0 Å². The van der Waals surface area contributed by atoms with Crippen molar-refractivity contribution < 1.29 is 4.79 Å². The van der Waals surface area contributed by atoms with Gasteiger partial charge < -0.3 is 5.32 Å². The third kappa shape index (κ3) is 43.5. The highest BCUT2D eigenvalue weighted by Gasteiger charge is 1.98. The summed E-state index contributed by atoms with van der Waals surface area (Å²) in [4.78, 5) is 14.8. The predicted octanol–water partition coefficient (Wildman–Crippen LogP) is 13.9. The summed E-state index contributed by atoms with van der Waals surface area (Å²) in [5, 5.41) is 3.05. The molecule has 0 saturated carbocycles. The van der Waals surface area contributed by atoms with Crippen LogP contribution in [-0.4, -0.2) is 18.7 Å². The van der Waals surface area contributed by atoms with Gasteiger partial charge in [0, 0.05) is 24.7 Å². The number of aryl methyl sites for hydroxylation is 1. The highest BCUT2D eigenvalue weighted by Crippen LogP contribution is 2.10. The first-order chi connectivity index (χ1) is 21.1. The van der Waals surface area contributed by atoms with Crippen LogP contribution in [0, 0.1) is 18.8 Å². The van der Waals surface area contributed by atoms with Crippen LogP contribution in [0.4, 0.5) is 0 Å². The number of amidine groups is 1. The fourth-order valence-corrected chi connectivity index (χ4v) is 2.89. The van der Waals surface area contributed by atoms with E-state index in [1.54, 1.807) is 20.0 Å². The molecular weight excluding hydrogens is 548 g/mol. The minimum Gasteiger partial charge on any atom is -0.344 e. The Balaban J connectivity index is -0.000000148. The Morgan fingerprint density at radius 1 is 0.822 bits per heavy atom. The SMILES string of the molecule is C=CC(=C)C(=C)NC(CC)=NC.CC(=O)c1ccc(C)cc1.CC=C(C)C.CCC(C)CC.CCCC.CCCC(C)CCC. The number of ketones is 1. The van der Waals surface area contributed by atoms with Gasteiger partial charge >= 0.3 is 0 Å². The Bertz CT molecular complexity index is 874. The van der Waals surface area contributed by atoms with E-state index in [1.165, 1.54) is 62.5 Å². The number of carbonyl (C=O) groups is 1. The maximum Gasteiger partial charge on any atom is 0.159 e. The van der Waals surface area contributed by atoms with Crippen LogP contribution in [0.3, 0.4) is 0 Å². The number of carbonyl (C=O) groups excluding carboxylic acids is 1. The lowest BCUT2D eigenvalue weighted by Crippen LogP contribution is -2.21. The van der Waals surface area contributed by atoms with Crippen LogP contribution in [0.5, 0.6) is 0 Å². The van der Waals surface area contributed by atoms with Crippen molar-refractivity contribution in [3.8, 4) is 0 Å². The van der Waals surface area contributed by atoms with E-state index in [4.69, 9.17) is 0 Å². The molecule has 262 valence electrons. The lowest BCUT2D eigenvalue weighted by molar-refractivity contribution is 0.101. The van der Waals surface area contributed by atoms with Gasteiger partial charge in [0.25, 0.3) is 0 Å². The van der Waals surface area contributed by atoms with Gasteiger partial charge in [-0.25, -0.2) is 0 Å². The second kappa shape index (κ2) is 39.3. The Labute approximate surface area is 283 Å². The fourth-order valence-electron chi connectivity index (χ4n) is 2.89. The van der Waals surface area contributed by atoms with Gasteiger partial charge in [-0.2, -0.15) is 0 Å². The third-order valence-corrected chi connectivity index (χ3v) is 7.03. The predicted molar refractivity (Wildman–Crippen MR) is 211 cm³/mol. The summed E-state index contributed by atoms with van der Waals surface area (Å²) in [7, 11) is 1.75. The van der Waals surface area contributed by atoms with Gasteiger partial charge in [-0.1, -0.05) is 181 Å². The molecule has 0 spiro atoms. The van der Waals surface area contributed by atoms with Gasteiger partial charge in [-0.15, -0.1) is 0 Å². The number of hydrogen-bond donors (Lipinski definition) is 1. The summed E-state index contributed by atoms with van der Waals surface area (Å²) in [6.07, 6.45) is 15.4. The topological polar surface area (TPSA) is 41.5 Å². The fraction of sp³-hybridized carbons (Fsp3) is 0.619. The summed E-state index contributed by atoms with van der Waals surface area (Å²) in [6.45, 7) is 40.9. The van der Waals surface area contributed by atoms with Crippen molar-refractivity contribution in [1.82, 2.24) is 5.32 Å². The first-order valence-electron chi connectivity index (χ1n) is 17.6.